The predicted molar refractivity (Wildman–Crippen MR) is 169 cm³/mol. The summed E-state index contributed by atoms with van der Waals surface area (Å²) in [6.45, 7) is 9.02. The standard InChI is InChI=1S/C35H37N3O3/c1-4-7-19-38(20-8-5-2)23-17-18-26-29(22-23)41-34-25-14-11-10-13-24(25)32-33(30(26)34)36-28-16-12-15-27(31(28)37-32)35(39)40-21-9-6-3/h10-18,22H,4-9,19-21H2,1-3H3. The first-order valence-electron chi connectivity index (χ1n) is 15.0. The van der Waals surface area contributed by atoms with Gasteiger partial charge in [-0.05, 0) is 43.5 Å². The van der Waals surface area contributed by atoms with Gasteiger partial charge >= 0.3 is 5.97 Å². The summed E-state index contributed by atoms with van der Waals surface area (Å²) in [7, 11) is 0. The van der Waals surface area contributed by atoms with Crippen molar-refractivity contribution >= 4 is 66.4 Å². The molecule has 2 heterocycles. The third-order valence-electron chi connectivity index (χ3n) is 7.91. The Morgan fingerprint density at radius 3 is 2.29 bits per heavy atom. The Hall–Kier alpha value is -4.19. The van der Waals surface area contributed by atoms with Gasteiger partial charge in [-0.3, -0.25) is 0 Å². The number of fused-ring (bicyclic) bond motifs is 9. The van der Waals surface area contributed by atoms with Crippen molar-refractivity contribution in [1.82, 2.24) is 9.97 Å². The van der Waals surface area contributed by atoms with Gasteiger partial charge in [-0.15, -0.1) is 0 Å². The summed E-state index contributed by atoms with van der Waals surface area (Å²) in [5.41, 5.74) is 6.06. The number of aromatic nitrogens is 2. The number of hydrogen-bond acceptors (Lipinski definition) is 6. The van der Waals surface area contributed by atoms with E-state index in [9.17, 15) is 4.79 Å². The molecule has 0 saturated heterocycles. The minimum Gasteiger partial charge on any atom is -0.462 e. The van der Waals surface area contributed by atoms with E-state index >= 15 is 0 Å². The van der Waals surface area contributed by atoms with E-state index in [-0.39, 0.29) is 5.97 Å². The molecule has 0 bridgehead atoms. The van der Waals surface area contributed by atoms with E-state index in [1.165, 1.54) is 5.69 Å². The molecule has 0 atom stereocenters. The number of rotatable bonds is 11. The normalized spacial score (nSPS) is 11.8. The summed E-state index contributed by atoms with van der Waals surface area (Å²) in [6.07, 6.45) is 6.45. The van der Waals surface area contributed by atoms with Gasteiger partial charge in [-0.1, -0.05) is 70.4 Å². The molecule has 0 N–H and O–H groups in total. The molecule has 41 heavy (non-hydrogen) atoms. The van der Waals surface area contributed by atoms with Crippen LogP contribution in [-0.4, -0.2) is 35.6 Å². The zero-order chi connectivity index (χ0) is 28.3. The monoisotopic (exact) mass is 547 g/mol. The number of benzene rings is 4. The Labute approximate surface area is 240 Å². The largest absolute Gasteiger partial charge is 0.462 e. The molecule has 0 aliphatic heterocycles. The topological polar surface area (TPSA) is 68.5 Å². The smallest absolute Gasteiger partial charge is 0.340 e. The number of carbonyl (C=O) groups excluding carboxylic acids is 1. The van der Waals surface area contributed by atoms with Crippen LogP contribution in [0.1, 0.15) is 69.7 Å². The van der Waals surface area contributed by atoms with Gasteiger partial charge in [0.1, 0.15) is 22.2 Å². The van der Waals surface area contributed by atoms with Gasteiger partial charge in [0.05, 0.1) is 28.6 Å². The second-order valence-electron chi connectivity index (χ2n) is 10.8. The lowest BCUT2D eigenvalue weighted by Gasteiger charge is -2.24. The Bertz CT molecular complexity index is 1870. The molecular weight excluding hydrogens is 510 g/mol. The minimum atomic E-state index is -0.361. The zero-order valence-electron chi connectivity index (χ0n) is 24.2. The quantitative estimate of drug-likeness (QED) is 0.0697. The van der Waals surface area contributed by atoms with Crippen LogP contribution in [0.5, 0.6) is 0 Å². The molecule has 0 spiro atoms. The fraction of sp³-hybridized carbons (Fsp3) is 0.343. The molecule has 6 heteroatoms. The van der Waals surface area contributed by atoms with E-state index in [2.05, 4.69) is 56.0 Å². The lowest BCUT2D eigenvalue weighted by atomic mass is 10.0. The molecule has 0 fully saturated rings. The first-order chi connectivity index (χ1) is 20.1. The van der Waals surface area contributed by atoms with E-state index in [1.807, 2.05) is 24.3 Å². The Balaban J connectivity index is 1.58. The highest BCUT2D eigenvalue weighted by atomic mass is 16.5. The number of ether oxygens (including phenoxy) is 1. The summed E-state index contributed by atoms with van der Waals surface area (Å²) in [6, 6.07) is 20.2. The van der Waals surface area contributed by atoms with Crippen LogP contribution in [0.2, 0.25) is 0 Å². The number of para-hydroxylation sites is 1. The van der Waals surface area contributed by atoms with Gasteiger partial charge < -0.3 is 14.1 Å². The van der Waals surface area contributed by atoms with Gasteiger partial charge in [-0.2, -0.15) is 0 Å². The van der Waals surface area contributed by atoms with Crippen LogP contribution in [0, 0.1) is 0 Å². The fourth-order valence-electron chi connectivity index (χ4n) is 5.65. The second kappa shape index (κ2) is 11.7. The predicted octanol–water partition coefficient (Wildman–Crippen LogP) is 9.20. The van der Waals surface area contributed by atoms with Crippen LogP contribution in [0.15, 0.2) is 65.1 Å². The number of furan rings is 1. The van der Waals surface area contributed by atoms with E-state index in [4.69, 9.17) is 19.1 Å². The number of anilines is 1. The van der Waals surface area contributed by atoms with Crippen LogP contribution >= 0.6 is 0 Å². The first kappa shape index (κ1) is 27.0. The molecule has 6 aromatic rings. The van der Waals surface area contributed by atoms with Gasteiger partial charge in [0.25, 0.3) is 0 Å². The van der Waals surface area contributed by atoms with Crippen LogP contribution < -0.4 is 4.90 Å². The van der Waals surface area contributed by atoms with Crippen molar-refractivity contribution in [3.8, 4) is 0 Å². The highest BCUT2D eigenvalue weighted by Gasteiger charge is 2.21. The Kier molecular flexibility index (Phi) is 7.73. The molecule has 2 aromatic heterocycles. The summed E-state index contributed by atoms with van der Waals surface area (Å²) in [4.78, 5) is 25.7. The molecular formula is C35H37N3O3. The number of nitrogens with zero attached hydrogens (tertiary/aromatic N) is 3. The Morgan fingerprint density at radius 2 is 1.54 bits per heavy atom. The van der Waals surface area contributed by atoms with Crippen molar-refractivity contribution in [3.63, 3.8) is 0 Å². The lowest BCUT2D eigenvalue weighted by Crippen LogP contribution is -2.25. The van der Waals surface area contributed by atoms with E-state index in [0.717, 1.165) is 95.4 Å². The molecule has 0 unspecified atom stereocenters. The molecule has 4 aromatic carbocycles. The zero-order valence-corrected chi connectivity index (χ0v) is 24.2. The van der Waals surface area contributed by atoms with Crippen molar-refractivity contribution in [2.45, 2.75) is 59.3 Å². The summed E-state index contributed by atoms with van der Waals surface area (Å²) in [5.74, 6) is -0.361. The van der Waals surface area contributed by atoms with Crippen LogP contribution in [0.3, 0.4) is 0 Å². The average molecular weight is 548 g/mol. The maximum Gasteiger partial charge on any atom is 0.340 e. The molecule has 6 nitrogen and oxygen atoms in total. The SMILES string of the molecule is CCCCOC(=O)c1cccc2nc3c(nc12)c1ccccc1c1oc2cc(N(CCCC)CCCC)ccc2c31. The van der Waals surface area contributed by atoms with Crippen molar-refractivity contribution < 1.29 is 13.9 Å². The summed E-state index contributed by atoms with van der Waals surface area (Å²) in [5, 5.41) is 3.91. The molecule has 0 aliphatic carbocycles. The average Bonchev–Trinajstić information content (AvgIpc) is 3.39. The van der Waals surface area contributed by atoms with E-state index < -0.39 is 0 Å². The molecule has 0 saturated carbocycles. The maximum absolute atomic E-state index is 13.0. The molecule has 0 amide bonds. The van der Waals surface area contributed by atoms with E-state index in [0.29, 0.717) is 23.2 Å². The minimum absolute atomic E-state index is 0.361. The Morgan fingerprint density at radius 1 is 0.780 bits per heavy atom. The molecule has 210 valence electrons. The molecule has 0 aliphatic rings. The number of hydrogen-bond donors (Lipinski definition) is 0. The first-order valence-corrected chi connectivity index (χ1v) is 15.0. The summed E-state index contributed by atoms with van der Waals surface area (Å²) < 4.78 is 12.2. The number of unbranched alkanes of at least 4 members (excludes halogenated alkanes) is 3. The van der Waals surface area contributed by atoms with Gasteiger partial charge in [-0.25, -0.2) is 14.8 Å². The van der Waals surface area contributed by atoms with Crippen LogP contribution in [-0.2, 0) is 4.74 Å². The number of esters is 1. The van der Waals surface area contributed by atoms with Crippen molar-refractivity contribution in [3.05, 3.63) is 66.2 Å². The van der Waals surface area contributed by atoms with Crippen LogP contribution in [0.25, 0.3) is 54.8 Å². The highest BCUT2D eigenvalue weighted by molar-refractivity contribution is 6.29. The third-order valence-corrected chi connectivity index (χ3v) is 7.91. The van der Waals surface area contributed by atoms with E-state index in [1.54, 1.807) is 6.07 Å². The van der Waals surface area contributed by atoms with Gasteiger partial charge in [0.2, 0.25) is 0 Å². The van der Waals surface area contributed by atoms with Gasteiger partial charge in [0, 0.05) is 41.0 Å². The fourth-order valence-corrected chi connectivity index (χ4v) is 5.65. The van der Waals surface area contributed by atoms with Crippen molar-refractivity contribution in [2.75, 3.05) is 24.6 Å². The van der Waals surface area contributed by atoms with Crippen molar-refractivity contribution in [2.24, 2.45) is 0 Å². The van der Waals surface area contributed by atoms with Gasteiger partial charge in [0.15, 0.2) is 0 Å². The summed E-state index contributed by atoms with van der Waals surface area (Å²) >= 11 is 0. The molecule has 6 rings (SSSR count). The van der Waals surface area contributed by atoms with Crippen LogP contribution in [0.4, 0.5) is 5.69 Å². The molecule has 0 radical (unpaired) electrons. The second-order valence-corrected chi connectivity index (χ2v) is 10.8. The lowest BCUT2D eigenvalue weighted by molar-refractivity contribution is 0.0502. The maximum atomic E-state index is 13.0. The highest BCUT2D eigenvalue weighted by Crippen LogP contribution is 2.41. The third kappa shape index (κ3) is 4.96. The van der Waals surface area contributed by atoms with Crippen molar-refractivity contribution in [1.29, 1.82) is 0 Å². The number of carbonyl (C=O) groups is 1.